The van der Waals surface area contributed by atoms with Gasteiger partial charge in [-0.1, -0.05) is 6.92 Å². The molecule has 96 valence electrons. The standard InChI is InChI=1S/C13H16N2O3/c1-2-13(14)6-15(7-13)12(16)9-3-4-10-11(5-9)18-8-17-10/h3-5H,2,6-8,14H2,1H3. The zero-order chi connectivity index (χ0) is 12.8. The maximum absolute atomic E-state index is 12.2. The first-order valence-electron chi connectivity index (χ1n) is 6.09. The van der Waals surface area contributed by atoms with Crippen LogP contribution in [0.1, 0.15) is 23.7 Å². The third kappa shape index (κ3) is 1.71. The van der Waals surface area contributed by atoms with E-state index in [2.05, 4.69) is 0 Å². The molecule has 1 amide bonds. The van der Waals surface area contributed by atoms with E-state index in [0.717, 1.165) is 6.42 Å². The number of benzene rings is 1. The summed E-state index contributed by atoms with van der Waals surface area (Å²) in [6, 6.07) is 5.26. The van der Waals surface area contributed by atoms with Gasteiger partial charge in [0.1, 0.15) is 0 Å². The van der Waals surface area contributed by atoms with E-state index in [1.165, 1.54) is 0 Å². The Bertz CT molecular complexity index is 495. The average Bonchev–Trinajstić information content (AvgIpc) is 2.81. The molecule has 0 aromatic heterocycles. The van der Waals surface area contributed by atoms with Crippen LogP contribution in [0.25, 0.3) is 0 Å². The Kier molecular flexibility index (Phi) is 2.45. The molecular formula is C13H16N2O3. The van der Waals surface area contributed by atoms with Crippen molar-refractivity contribution in [2.45, 2.75) is 18.9 Å². The molecule has 3 rings (SSSR count). The zero-order valence-corrected chi connectivity index (χ0v) is 10.3. The summed E-state index contributed by atoms with van der Waals surface area (Å²) in [5.41, 5.74) is 6.48. The average molecular weight is 248 g/mol. The van der Waals surface area contributed by atoms with Gasteiger partial charge in [-0.3, -0.25) is 4.79 Å². The molecule has 0 bridgehead atoms. The molecule has 1 aromatic rings. The highest BCUT2D eigenvalue weighted by Gasteiger charge is 2.40. The minimum Gasteiger partial charge on any atom is -0.454 e. The lowest BCUT2D eigenvalue weighted by Crippen LogP contribution is -2.68. The molecule has 0 unspecified atom stereocenters. The molecule has 0 spiro atoms. The molecule has 2 N–H and O–H groups in total. The van der Waals surface area contributed by atoms with Gasteiger partial charge in [0, 0.05) is 18.7 Å². The normalized spacial score (nSPS) is 19.6. The van der Waals surface area contributed by atoms with Crippen LogP contribution >= 0.6 is 0 Å². The SMILES string of the molecule is CCC1(N)CN(C(=O)c2ccc3c(c2)OCO3)C1. The van der Waals surface area contributed by atoms with Gasteiger partial charge >= 0.3 is 0 Å². The fourth-order valence-corrected chi connectivity index (χ4v) is 2.29. The highest BCUT2D eigenvalue weighted by atomic mass is 16.7. The predicted molar refractivity (Wildman–Crippen MR) is 65.7 cm³/mol. The number of hydrogen-bond acceptors (Lipinski definition) is 4. The second-order valence-electron chi connectivity index (χ2n) is 4.95. The monoisotopic (exact) mass is 248 g/mol. The quantitative estimate of drug-likeness (QED) is 0.847. The maximum atomic E-state index is 12.2. The number of amides is 1. The van der Waals surface area contributed by atoms with Gasteiger partial charge in [0.15, 0.2) is 11.5 Å². The molecule has 0 radical (unpaired) electrons. The van der Waals surface area contributed by atoms with Crippen LogP contribution in [0.2, 0.25) is 0 Å². The second-order valence-corrected chi connectivity index (χ2v) is 4.95. The second kappa shape index (κ2) is 3.88. The van der Waals surface area contributed by atoms with Crippen molar-refractivity contribution in [3.63, 3.8) is 0 Å². The topological polar surface area (TPSA) is 64.8 Å². The molecule has 0 atom stereocenters. The van der Waals surface area contributed by atoms with Crippen LogP contribution in [0.3, 0.4) is 0 Å². The van der Waals surface area contributed by atoms with Gasteiger partial charge in [0.2, 0.25) is 6.79 Å². The van der Waals surface area contributed by atoms with Gasteiger partial charge in [-0.15, -0.1) is 0 Å². The smallest absolute Gasteiger partial charge is 0.254 e. The minimum atomic E-state index is -0.202. The van der Waals surface area contributed by atoms with Crippen molar-refractivity contribution in [3.8, 4) is 11.5 Å². The number of ether oxygens (including phenoxy) is 2. The number of nitrogens with zero attached hydrogens (tertiary/aromatic N) is 1. The van der Waals surface area contributed by atoms with E-state index >= 15 is 0 Å². The van der Waals surface area contributed by atoms with Crippen molar-refractivity contribution in [2.75, 3.05) is 19.9 Å². The molecule has 1 fully saturated rings. The van der Waals surface area contributed by atoms with Crippen molar-refractivity contribution in [2.24, 2.45) is 5.73 Å². The highest BCUT2D eigenvalue weighted by molar-refractivity contribution is 5.95. The van der Waals surface area contributed by atoms with Crippen molar-refractivity contribution >= 4 is 5.91 Å². The Labute approximate surface area is 105 Å². The molecule has 5 heteroatoms. The largest absolute Gasteiger partial charge is 0.454 e. The van der Waals surface area contributed by atoms with Gasteiger partial charge in [0.25, 0.3) is 5.91 Å². The lowest BCUT2D eigenvalue weighted by atomic mass is 9.88. The molecule has 1 aromatic carbocycles. The third-order valence-electron chi connectivity index (χ3n) is 3.62. The van der Waals surface area contributed by atoms with E-state index in [1.54, 1.807) is 23.1 Å². The number of carbonyl (C=O) groups excluding carboxylic acids is 1. The van der Waals surface area contributed by atoms with E-state index in [9.17, 15) is 4.79 Å². The Morgan fingerprint density at radius 3 is 2.83 bits per heavy atom. The van der Waals surface area contributed by atoms with Gasteiger partial charge in [-0.25, -0.2) is 0 Å². The number of hydrogen-bond donors (Lipinski definition) is 1. The lowest BCUT2D eigenvalue weighted by Gasteiger charge is -2.47. The lowest BCUT2D eigenvalue weighted by molar-refractivity contribution is 0.0401. The van der Waals surface area contributed by atoms with Crippen LogP contribution < -0.4 is 15.2 Å². The van der Waals surface area contributed by atoms with E-state index < -0.39 is 0 Å². The van der Waals surface area contributed by atoms with Gasteiger partial charge in [-0.05, 0) is 24.6 Å². The number of rotatable bonds is 2. The number of nitrogens with two attached hydrogens (primary N) is 1. The summed E-state index contributed by atoms with van der Waals surface area (Å²) in [4.78, 5) is 14.0. The molecule has 1 saturated heterocycles. The third-order valence-corrected chi connectivity index (χ3v) is 3.62. The summed E-state index contributed by atoms with van der Waals surface area (Å²) in [5, 5.41) is 0. The van der Waals surface area contributed by atoms with Crippen molar-refractivity contribution < 1.29 is 14.3 Å². The minimum absolute atomic E-state index is 0.00262. The van der Waals surface area contributed by atoms with E-state index in [0.29, 0.717) is 30.2 Å². The van der Waals surface area contributed by atoms with E-state index in [-0.39, 0.29) is 18.2 Å². The fraction of sp³-hybridized carbons (Fsp3) is 0.462. The molecule has 2 heterocycles. The molecule has 2 aliphatic heterocycles. The molecule has 0 saturated carbocycles. The molecule has 5 nitrogen and oxygen atoms in total. The summed E-state index contributed by atoms with van der Waals surface area (Å²) in [6.07, 6.45) is 0.887. The zero-order valence-electron chi connectivity index (χ0n) is 10.3. The Morgan fingerprint density at radius 2 is 2.11 bits per heavy atom. The van der Waals surface area contributed by atoms with E-state index in [4.69, 9.17) is 15.2 Å². The molecule has 18 heavy (non-hydrogen) atoms. The van der Waals surface area contributed by atoms with Crippen LogP contribution in [-0.4, -0.2) is 36.2 Å². The maximum Gasteiger partial charge on any atom is 0.254 e. The van der Waals surface area contributed by atoms with Gasteiger partial charge in [-0.2, -0.15) is 0 Å². The summed E-state index contributed by atoms with van der Waals surface area (Å²) in [7, 11) is 0. The first-order chi connectivity index (χ1) is 8.61. The summed E-state index contributed by atoms with van der Waals surface area (Å²) in [5.74, 6) is 1.33. The summed E-state index contributed by atoms with van der Waals surface area (Å²) >= 11 is 0. The predicted octanol–water partition coefficient (Wildman–Crippen LogP) is 0.979. The van der Waals surface area contributed by atoms with Gasteiger partial charge in [0.05, 0.1) is 5.54 Å². The Balaban J connectivity index is 1.74. The first kappa shape index (κ1) is 11.3. The van der Waals surface area contributed by atoms with Crippen LogP contribution in [0.4, 0.5) is 0 Å². The molecule has 2 aliphatic rings. The molecular weight excluding hydrogens is 232 g/mol. The van der Waals surface area contributed by atoms with Gasteiger partial charge < -0.3 is 20.1 Å². The summed E-state index contributed by atoms with van der Waals surface area (Å²) < 4.78 is 10.5. The highest BCUT2D eigenvalue weighted by Crippen LogP contribution is 2.33. The number of fused-ring (bicyclic) bond motifs is 1. The Hall–Kier alpha value is -1.75. The van der Waals surface area contributed by atoms with Crippen LogP contribution in [0, 0.1) is 0 Å². The summed E-state index contributed by atoms with van der Waals surface area (Å²) in [6.45, 7) is 3.51. The Morgan fingerprint density at radius 1 is 1.39 bits per heavy atom. The van der Waals surface area contributed by atoms with Crippen molar-refractivity contribution in [3.05, 3.63) is 23.8 Å². The van der Waals surface area contributed by atoms with Crippen LogP contribution in [0.5, 0.6) is 11.5 Å². The van der Waals surface area contributed by atoms with Crippen LogP contribution in [-0.2, 0) is 0 Å². The van der Waals surface area contributed by atoms with Crippen molar-refractivity contribution in [1.82, 2.24) is 4.90 Å². The number of carbonyl (C=O) groups is 1. The fourth-order valence-electron chi connectivity index (χ4n) is 2.29. The van der Waals surface area contributed by atoms with E-state index in [1.807, 2.05) is 6.92 Å². The number of likely N-dealkylation sites (tertiary alicyclic amines) is 1. The first-order valence-corrected chi connectivity index (χ1v) is 6.09. The van der Waals surface area contributed by atoms with Crippen LogP contribution in [0.15, 0.2) is 18.2 Å². The molecule has 0 aliphatic carbocycles. The van der Waals surface area contributed by atoms with Crippen molar-refractivity contribution in [1.29, 1.82) is 0 Å².